The molecule has 15 nitrogen and oxygen atoms in total. The van der Waals surface area contributed by atoms with Crippen LogP contribution in [0.2, 0.25) is 77.1 Å². The van der Waals surface area contributed by atoms with Gasteiger partial charge in [-0.3, -0.25) is 4.79 Å². The Hall–Kier alpha value is 0.00506. The van der Waals surface area contributed by atoms with Crippen molar-refractivity contribution in [2.24, 2.45) is 5.92 Å². The monoisotopic (exact) mass is 1030 g/mol. The molecule has 6 atom stereocenters. The summed E-state index contributed by atoms with van der Waals surface area (Å²) in [6, 6.07) is 2.21. The lowest BCUT2D eigenvalue weighted by atomic mass is 10.1. The fraction of sp³-hybridized carbons (Fsp3) is 0.906. The Bertz CT molecular complexity index is 1200. The Kier molecular flexibility index (Phi) is 28.2. The third-order valence-corrected chi connectivity index (χ3v) is 34.9. The van der Waals surface area contributed by atoms with Crippen molar-refractivity contribution in [3.8, 4) is 0 Å². The molecule has 364 valence electrons. The molecule has 0 saturated carbocycles. The summed E-state index contributed by atoms with van der Waals surface area (Å²) < 4.78 is 149. The maximum Gasteiger partial charge on any atom is 0.500 e. The van der Waals surface area contributed by atoms with Crippen molar-refractivity contribution >= 4 is 76.6 Å². The number of epoxide rings is 1. The zero-order valence-electron chi connectivity index (χ0n) is 38.3. The molecule has 3 aliphatic heterocycles. The second-order valence-corrected chi connectivity index (χ2v) is 40.3. The van der Waals surface area contributed by atoms with Crippen LogP contribution in [0, 0.1) is 5.92 Å². The normalized spacial score (nSPS) is 26.4. The van der Waals surface area contributed by atoms with Crippen LogP contribution in [-0.4, -0.2) is 163 Å². The van der Waals surface area contributed by atoms with E-state index in [0.29, 0.717) is 57.5 Å². The van der Waals surface area contributed by atoms with E-state index in [1.807, 2.05) is 6.55 Å². The van der Waals surface area contributed by atoms with Crippen molar-refractivity contribution in [2.75, 3.05) is 67.6 Å². The number of carbonyl (C=O) groups excluding carboxylic acids is 1. The van der Waals surface area contributed by atoms with E-state index >= 15 is 0 Å². The summed E-state index contributed by atoms with van der Waals surface area (Å²) in [7, 11) is -10.2. The van der Waals surface area contributed by atoms with Crippen molar-refractivity contribution in [3.63, 3.8) is 0 Å². The first-order valence-corrected chi connectivity index (χ1v) is 39.2. The van der Waals surface area contributed by atoms with Gasteiger partial charge in [0.05, 0.1) is 19.4 Å². The quantitative estimate of drug-likeness (QED) is 0.0561. The fourth-order valence-electron chi connectivity index (χ4n) is 5.87. The number of carbonyl (C=O) groups is 1. The third kappa shape index (κ3) is 26.1. The van der Waals surface area contributed by atoms with Crippen LogP contribution in [0.25, 0.3) is 0 Å². The second-order valence-electron chi connectivity index (χ2n) is 15.6. The molecule has 3 fully saturated rings. The Morgan fingerprint density at radius 2 is 1.34 bits per heavy atom. The molecule has 3 saturated heterocycles. The average molecular weight is 1030 g/mol. The van der Waals surface area contributed by atoms with E-state index in [1.165, 1.54) is 6.55 Å². The van der Waals surface area contributed by atoms with Crippen LogP contribution in [0.4, 0.5) is 26.3 Å². The minimum Gasteiger partial charge on any atom is -0.438 e. The van der Waals surface area contributed by atoms with Crippen molar-refractivity contribution in [1.29, 1.82) is 0 Å². The highest BCUT2D eigenvalue weighted by atomic mass is 28.5. The van der Waals surface area contributed by atoms with Gasteiger partial charge in [-0.2, -0.15) is 26.3 Å². The number of hydrogen-bond acceptors (Lipinski definition) is 14. The molecule has 0 bridgehead atoms. The Morgan fingerprint density at radius 3 is 1.74 bits per heavy atom. The van der Waals surface area contributed by atoms with E-state index in [9.17, 15) is 31.1 Å². The first-order valence-electron chi connectivity index (χ1n) is 20.0. The van der Waals surface area contributed by atoms with E-state index < -0.39 is 101 Å². The largest absolute Gasteiger partial charge is 0.500 e. The van der Waals surface area contributed by atoms with Gasteiger partial charge in [-0.15, -0.1) is 13.2 Å². The lowest BCUT2D eigenvalue weighted by Gasteiger charge is -2.43. The van der Waals surface area contributed by atoms with Crippen molar-refractivity contribution in [3.05, 3.63) is 13.2 Å². The van der Waals surface area contributed by atoms with Crippen molar-refractivity contribution < 1.29 is 87.7 Å². The van der Waals surface area contributed by atoms with Crippen LogP contribution in [0.3, 0.4) is 0 Å². The molecule has 0 aromatic carbocycles. The van der Waals surface area contributed by atoms with Gasteiger partial charge in [0.25, 0.3) is 18.6 Å². The number of amides is 1. The maximum absolute atomic E-state index is 12.4. The van der Waals surface area contributed by atoms with Gasteiger partial charge in [0, 0.05) is 54.3 Å². The highest BCUT2D eigenvalue weighted by Crippen LogP contribution is 2.39. The SMILES string of the molecule is C=C.CO[SiH](C)O[Si](C)(C)C.CO[Si](CC[Si]1(C)O[SiH](C)O[SiH](C)O[Si](C)(CCCOCC2CO2)O1)(OC)OC.C[Si]1(CNC(=O)C(C(F)(F)F)C(F)(F)F)OCCCCO1. The molecule has 3 aliphatic rings. The minimum atomic E-state index is -5.70. The van der Waals surface area contributed by atoms with Gasteiger partial charge >= 0.3 is 56.1 Å². The Morgan fingerprint density at radius 1 is 0.869 bits per heavy atom. The zero-order chi connectivity index (χ0) is 47.3. The Labute approximate surface area is 369 Å². The number of hydrogen-bond donors (Lipinski definition) is 1. The van der Waals surface area contributed by atoms with Crippen LogP contribution in [0.15, 0.2) is 13.2 Å². The second kappa shape index (κ2) is 28.2. The molecule has 0 aromatic heterocycles. The van der Waals surface area contributed by atoms with Crippen LogP contribution in [-0.2, 0) is 61.4 Å². The maximum atomic E-state index is 12.4. The molecule has 0 radical (unpaired) electrons. The molecule has 0 aromatic rings. The van der Waals surface area contributed by atoms with E-state index in [-0.39, 0.29) is 0 Å². The number of rotatable bonds is 18. The third-order valence-electron chi connectivity index (χ3n) is 8.80. The Balaban J connectivity index is 0.000000980. The molecular formula is C32H73F6NO14Si8. The summed E-state index contributed by atoms with van der Waals surface area (Å²) in [5, 5.41) is 1.67. The van der Waals surface area contributed by atoms with Gasteiger partial charge in [0.15, 0.2) is 8.32 Å². The summed E-state index contributed by atoms with van der Waals surface area (Å²) in [6.07, 6.45) is -9.31. The summed E-state index contributed by atoms with van der Waals surface area (Å²) >= 11 is 0. The van der Waals surface area contributed by atoms with E-state index in [4.69, 9.17) is 56.6 Å². The summed E-state index contributed by atoms with van der Waals surface area (Å²) in [6.45, 7) is 27.2. The smallest absolute Gasteiger partial charge is 0.438 e. The van der Waals surface area contributed by atoms with Crippen LogP contribution >= 0.6 is 0 Å². The lowest BCUT2D eigenvalue weighted by Crippen LogP contribution is -2.60. The number of nitrogens with one attached hydrogen (secondary N) is 1. The van der Waals surface area contributed by atoms with E-state index in [1.54, 1.807) is 33.8 Å². The molecule has 3 heterocycles. The van der Waals surface area contributed by atoms with Crippen LogP contribution in [0.5, 0.6) is 0 Å². The molecule has 61 heavy (non-hydrogen) atoms. The first kappa shape index (κ1) is 61.0. The number of ether oxygens (including phenoxy) is 2. The highest BCUT2D eigenvalue weighted by molar-refractivity contribution is 6.87. The summed E-state index contributed by atoms with van der Waals surface area (Å²) in [5.41, 5.74) is 0. The average Bonchev–Trinajstić information content (AvgIpc) is 3.98. The molecule has 29 heteroatoms. The van der Waals surface area contributed by atoms with Gasteiger partial charge in [0.2, 0.25) is 11.8 Å². The highest BCUT2D eigenvalue weighted by Gasteiger charge is 2.61. The lowest BCUT2D eigenvalue weighted by molar-refractivity contribution is -0.274. The standard InChI is InChI=1S/C15H38O9Si5.C10H15F6NO3Si.C5H16O2Si2.C2H4/c1-16-29(17-2,18-3)12-11-28(7)23-26(5)21-25(4)22-27(6,24-28)10-8-9-19-13-15-14-20-15;1-21(19-4-2-3-5-20-21)6-17-8(18)7(9(11,12)13)10(14,15)16;1-6-8(2)7-9(3,4)5;1-2/h15,25-26H,8-14H2,1-7H3;7H,2-6H2,1H3,(H,17,18);8H,1-5H3;1-2H2. The topological polar surface area (TPSA) is 152 Å². The number of alkyl halides is 6. The van der Waals surface area contributed by atoms with Gasteiger partial charge < -0.3 is 61.9 Å². The molecule has 3 rings (SSSR count). The van der Waals surface area contributed by atoms with Gasteiger partial charge in [0.1, 0.15) is 6.10 Å². The summed E-state index contributed by atoms with van der Waals surface area (Å²) in [4.78, 5) is 11.3. The number of halogens is 6. The molecule has 0 aliphatic carbocycles. The van der Waals surface area contributed by atoms with E-state index in [2.05, 4.69) is 59.0 Å². The van der Waals surface area contributed by atoms with Gasteiger partial charge in [-0.05, 0) is 90.3 Å². The van der Waals surface area contributed by atoms with E-state index in [0.717, 1.165) is 19.1 Å². The van der Waals surface area contributed by atoms with Gasteiger partial charge in [-0.25, -0.2) is 0 Å². The van der Waals surface area contributed by atoms with Crippen LogP contribution in [0.1, 0.15) is 19.3 Å². The predicted octanol–water partition coefficient (Wildman–Crippen LogP) is 6.01. The first-order chi connectivity index (χ1) is 28.1. The summed E-state index contributed by atoms with van der Waals surface area (Å²) in [5.74, 6) is -6.19. The van der Waals surface area contributed by atoms with Crippen molar-refractivity contribution in [1.82, 2.24) is 5.32 Å². The molecule has 1 N–H and O–H groups in total. The predicted molar refractivity (Wildman–Crippen MR) is 237 cm³/mol. The molecule has 1 amide bonds. The van der Waals surface area contributed by atoms with Crippen LogP contribution < -0.4 is 5.32 Å². The van der Waals surface area contributed by atoms with Gasteiger partial charge in [-0.1, -0.05) is 0 Å². The minimum absolute atomic E-state index is 0.292. The fourth-order valence-corrected chi connectivity index (χ4v) is 33.0. The van der Waals surface area contributed by atoms with Crippen molar-refractivity contribution in [2.45, 2.75) is 115 Å². The zero-order valence-corrected chi connectivity index (χ0v) is 46.7. The molecule has 6 unspecified atom stereocenters. The molecule has 0 spiro atoms. The molecular weight excluding hydrogens is 961 g/mol.